The Morgan fingerprint density at radius 1 is 1.24 bits per heavy atom. The second kappa shape index (κ2) is 5.25. The molecule has 0 radical (unpaired) electrons. The maximum absolute atomic E-state index is 10.1. The lowest BCUT2D eigenvalue weighted by Gasteiger charge is -2.02. The average molecular weight is 226 g/mol. The van der Waals surface area contributed by atoms with Gasteiger partial charge in [0.2, 0.25) is 0 Å². The second-order valence-electron chi connectivity index (χ2n) is 3.84. The molecule has 3 heteroatoms. The van der Waals surface area contributed by atoms with Crippen molar-refractivity contribution in [2.24, 2.45) is 0 Å². The molecular weight excluding hydrogens is 212 g/mol. The average Bonchev–Trinajstić information content (AvgIpc) is 2.77. The Balaban J connectivity index is 2.12. The number of allylic oxidation sites excluding steroid dienone is 2. The Hall–Kier alpha value is -2.16. The van der Waals surface area contributed by atoms with E-state index in [-0.39, 0.29) is 0 Å². The van der Waals surface area contributed by atoms with Crippen molar-refractivity contribution in [2.45, 2.75) is 13.3 Å². The Morgan fingerprint density at radius 2 is 2.00 bits per heavy atom. The van der Waals surface area contributed by atoms with E-state index in [1.54, 1.807) is 0 Å². The maximum atomic E-state index is 10.1. The molecule has 0 aliphatic rings. The summed E-state index contributed by atoms with van der Waals surface area (Å²) in [4.78, 5) is 10.1. The van der Waals surface area contributed by atoms with E-state index < -0.39 is 0 Å². The fourth-order valence-corrected chi connectivity index (χ4v) is 1.60. The van der Waals surface area contributed by atoms with Crippen LogP contribution >= 0.6 is 0 Å². The van der Waals surface area contributed by atoms with Gasteiger partial charge in [0, 0.05) is 6.20 Å². The van der Waals surface area contributed by atoms with Gasteiger partial charge in [-0.3, -0.25) is 4.79 Å². The van der Waals surface area contributed by atoms with E-state index in [9.17, 15) is 4.79 Å². The van der Waals surface area contributed by atoms with Crippen molar-refractivity contribution < 1.29 is 4.79 Å². The molecule has 1 aromatic heterocycles. The molecule has 0 bridgehead atoms. The fourth-order valence-electron chi connectivity index (χ4n) is 1.60. The van der Waals surface area contributed by atoms with Gasteiger partial charge in [0.25, 0.3) is 0 Å². The van der Waals surface area contributed by atoms with E-state index in [1.807, 2.05) is 54.2 Å². The Kier molecular flexibility index (Phi) is 3.50. The van der Waals surface area contributed by atoms with Gasteiger partial charge in [-0.1, -0.05) is 18.2 Å². The van der Waals surface area contributed by atoms with Gasteiger partial charge in [-0.25, -0.2) is 4.68 Å². The predicted octanol–water partition coefficient (Wildman–Crippen LogP) is 2.48. The standard InChI is InChI=1S/C14H14N2O/c1-12-9-10-16(15-12)14-7-5-13(6-8-14)4-2-3-11-17/h2-3,5-11H,4H2,1H3. The molecule has 0 amide bonds. The van der Waals surface area contributed by atoms with Gasteiger partial charge in [0.1, 0.15) is 6.29 Å². The molecule has 0 saturated heterocycles. The monoisotopic (exact) mass is 226 g/mol. The number of rotatable bonds is 4. The molecule has 0 aliphatic carbocycles. The summed E-state index contributed by atoms with van der Waals surface area (Å²) in [5.74, 6) is 0. The summed E-state index contributed by atoms with van der Waals surface area (Å²) in [7, 11) is 0. The first-order valence-corrected chi connectivity index (χ1v) is 5.51. The van der Waals surface area contributed by atoms with E-state index in [1.165, 1.54) is 11.6 Å². The number of aryl methyl sites for hydroxylation is 1. The van der Waals surface area contributed by atoms with Gasteiger partial charge in [0.15, 0.2) is 0 Å². The molecule has 2 aromatic rings. The fraction of sp³-hybridized carbons (Fsp3) is 0.143. The number of nitrogens with zero attached hydrogens (tertiary/aromatic N) is 2. The van der Waals surface area contributed by atoms with Crippen molar-refractivity contribution in [3.63, 3.8) is 0 Å². The maximum Gasteiger partial charge on any atom is 0.142 e. The van der Waals surface area contributed by atoms with Crippen molar-refractivity contribution in [3.8, 4) is 5.69 Å². The van der Waals surface area contributed by atoms with Gasteiger partial charge in [-0.15, -0.1) is 0 Å². The van der Waals surface area contributed by atoms with Gasteiger partial charge in [-0.05, 0) is 43.2 Å². The lowest BCUT2D eigenvalue weighted by Crippen LogP contribution is -1.95. The lowest BCUT2D eigenvalue weighted by molar-refractivity contribution is -0.104. The predicted molar refractivity (Wildman–Crippen MR) is 67.2 cm³/mol. The van der Waals surface area contributed by atoms with Crippen LogP contribution in [0.2, 0.25) is 0 Å². The van der Waals surface area contributed by atoms with E-state index >= 15 is 0 Å². The van der Waals surface area contributed by atoms with Crippen molar-refractivity contribution in [1.29, 1.82) is 0 Å². The molecule has 0 unspecified atom stereocenters. The number of benzene rings is 1. The summed E-state index contributed by atoms with van der Waals surface area (Å²) in [5, 5.41) is 4.34. The van der Waals surface area contributed by atoms with Crippen molar-refractivity contribution in [1.82, 2.24) is 9.78 Å². The molecule has 0 atom stereocenters. The third-order valence-electron chi connectivity index (χ3n) is 2.49. The van der Waals surface area contributed by atoms with E-state index in [2.05, 4.69) is 5.10 Å². The molecule has 0 spiro atoms. The Bertz CT molecular complexity index is 523. The van der Waals surface area contributed by atoms with Crippen LogP contribution in [0, 0.1) is 6.92 Å². The summed E-state index contributed by atoms with van der Waals surface area (Å²) >= 11 is 0. The summed E-state index contributed by atoms with van der Waals surface area (Å²) < 4.78 is 1.85. The second-order valence-corrected chi connectivity index (χ2v) is 3.84. The highest BCUT2D eigenvalue weighted by atomic mass is 16.1. The van der Waals surface area contributed by atoms with Gasteiger partial charge in [-0.2, -0.15) is 5.10 Å². The van der Waals surface area contributed by atoms with Crippen LogP contribution in [0.1, 0.15) is 11.3 Å². The number of carbonyl (C=O) groups is 1. The quantitative estimate of drug-likeness (QED) is 0.593. The summed E-state index contributed by atoms with van der Waals surface area (Å²) in [6.45, 7) is 1.97. The Labute approximate surface area is 100 Å². The summed E-state index contributed by atoms with van der Waals surface area (Å²) in [6, 6.07) is 10.1. The first kappa shape index (κ1) is 11.3. The van der Waals surface area contributed by atoms with Gasteiger partial charge >= 0.3 is 0 Å². The van der Waals surface area contributed by atoms with Crippen LogP contribution in [0.25, 0.3) is 5.69 Å². The highest BCUT2D eigenvalue weighted by Gasteiger charge is 1.97. The van der Waals surface area contributed by atoms with Crippen LogP contribution in [-0.2, 0) is 11.2 Å². The molecule has 0 saturated carbocycles. The topological polar surface area (TPSA) is 34.9 Å². The van der Waals surface area contributed by atoms with Crippen LogP contribution in [0.15, 0.2) is 48.7 Å². The SMILES string of the molecule is Cc1ccn(-c2ccc(CC=CC=O)cc2)n1. The van der Waals surface area contributed by atoms with Crippen LogP contribution in [-0.4, -0.2) is 16.1 Å². The van der Waals surface area contributed by atoms with E-state index in [0.717, 1.165) is 24.1 Å². The zero-order valence-electron chi connectivity index (χ0n) is 9.71. The molecule has 0 fully saturated rings. The third-order valence-corrected chi connectivity index (χ3v) is 2.49. The molecule has 0 N–H and O–H groups in total. The zero-order chi connectivity index (χ0) is 12.1. The van der Waals surface area contributed by atoms with Gasteiger partial charge in [0.05, 0.1) is 11.4 Å². The molecular formula is C14H14N2O. The van der Waals surface area contributed by atoms with Crippen molar-refractivity contribution in [3.05, 3.63) is 59.9 Å². The largest absolute Gasteiger partial charge is 0.299 e. The minimum atomic E-state index is 0.775. The highest BCUT2D eigenvalue weighted by Crippen LogP contribution is 2.10. The Morgan fingerprint density at radius 3 is 2.59 bits per heavy atom. The number of carbonyl (C=O) groups excluding carboxylic acids is 1. The molecule has 2 rings (SSSR count). The minimum Gasteiger partial charge on any atom is -0.299 e. The number of aldehydes is 1. The first-order valence-electron chi connectivity index (χ1n) is 5.51. The number of hydrogen-bond acceptors (Lipinski definition) is 2. The molecule has 3 nitrogen and oxygen atoms in total. The number of aromatic nitrogens is 2. The van der Waals surface area contributed by atoms with Crippen LogP contribution < -0.4 is 0 Å². The highest BCUT2D eigenvalue weighted by molar-refractivity contribution is 5.64. The van der Waals surface area contributed by atoms with Crippen LogP contribution in [0.3, 0.4) is 0 Å². The summed E-state index contributed by atoms with van der Waals surface area (Å²) in [5.41, 5.74) is 3.22. The van der Waals surface area contributed by atoms with Crippen LogP contribution in [0.4, 0.5) is 0 Å². The van der Waals surface area contributed by atoms with Crippen LogP contribution in [0.5, 0.6) is 0 Å². The summed E-state index contributed by atoms with van der Waals surface area (Å²) in [6.07, 6.45) is 6.87. The molecule has 86 valence electrons. The lowest BCUT2D eigenvalue weighted by atomic mass is 10.1. The minimum absolute atomic E-state index is 0.775. The van der Waals surface area contributed by atoms with Crippen molar-refractivity contribution >= 4 is 6.29 Å². The molecule has 0 aliphatic heterocycles. The van der Waals surface area contributed by atoms with Crippen molar-refractivity contribution in [2.75, 3.05) is 0 Å². The first-order chi connectivity index (χ1) is 8.29. The smallest absolute Gasteiger partial charge is 0.142 e. The third kappa shape index (κ3) is 2.91. The van der Waals surface area contributed by atoms with E-state index in [4.69, 9.17) is 0 Å². The molecule has 1 aromatic carbocycles. The normalized spacial score (nSPS) is 10.9. The van der Waals surface area contributed by atoms with Gasteiger partial charge < -0.3 is 0 Å². The number of hydrogen-bond donors (Lipinski definition) is 0. The molecule has 17 heavy (non-hydrogen) atoms. The van der Waals surface area contributed by atoms with E-state index in [0.29, 0.717) is 0 Å². The zero-order valence-corrected chi connectivity index (χ0v) is 9.71. The molecule has 1 heterocycles.